The third-order valence-electron chi connectivity index (χ3n) is 2.00. The molecule has 1 atom stereocenters. The van der Waals surface area contributed by atoms with Crippen LogP contribution in [0.4, 0.5) is 0 Å². The molecule has 0 aromatic rings. The van der Waals surface area contributed by atoms with Crippen molar-refractivity contribution in [1.82, 2.24) is 0 Å². The topological polar surface area (TPSA) is 61.5 Å². The minimum absolute atomic E-state index is 0.343. The van der Waals surface area contributed by atoms with E-state index in [0.29, 0.717) is 25.6 Å². The van der Waals surface area contributed by atoms with Crippen LogP contribution in [0.5, 0.6) is 0 Å². The lowest BCUT2D eigenvalue weighted by Crippen LogP contribution is -2.33. The van der Waals surface area contributed by atoms with E-state index in [9.17, 15) is 4.79 Å². The molecular weight excluding hydrogens is 194 g/mol. The molecule has 4 nitrogen and oxygen atoms in total. The van der Waals surface area contributed by atoms with Gasteiger partial charge < -0.3 is 15.2 Å². The molecular formula is C11H23NO3. The Kier molecular flexibility index (Phi) is 8.33. The Morgan fingerprint density at radius 3 is 2.40 bits per heavy atom. The van der Waals surface area contributed by atoms with Gasteiger partial charge in [0.05, 0.1) is 6.61 Å². The zero-order valence-electron chi connectivity index (χ0n) is 9.99. The maximum atomic E-state index is 11.1. The molecule has 0 aliphatic carbocycles. The molecule has 2 N–H and O–H groups in total. The standard InChI is InChI=1S/C11H23NO3/c1-4-15-11(13)10(12)6-8-14-7-5-9(2)3/h9-10H,4-8,12H2,1-3H3. The first kappa shape index (κ1) is 14.4. The van der Waals surface area contributed by atoms with Gasteiger partial charge in [-0.3, -0.25) is 4.79 Å². The fourth-order valence-electron chi connectivity index (χ4n) is 0.999. The van der Waals surface area contributed by atoms with E-state index in [2.05, 4.69) is 13.8 Å². The summed E-state index contributed by atoms with van der Waals surface area (Å²) in [7, 11) is 0. The van der Waals surface area contributed by atoms with Crippen LogP contribution in [-0.2, 0) is 14.3 Å². The molecule has 0 aliphatic rings. The number of carbonyl (C=O) groups excluding carboxylic acids is 1. The van der Waals surface area contributed by atoms with Gasteiger partial charge in [0.15, 0.2) is 0 Å². The van der Waals surface area contributed by atoms with Crippen molar-refractivity contribution >= 4 is 5.97 Å². The van der Waals surface area contributed by atoms with E-state index in [0.717, 1.165) is 13.0 Å². The minimum Gasteiger partial charge on any atom is -0.465 e. The van der Waals surface area contributed by atoms with Crippen molar-refractivity contribution in [3.05, 3.63) is 0 Å². The molecule has 15 heavy (non-hydrogen) atoms. The monoisotopic (exact) mass is 217 g/mol. The first-order valence-corrected chi connectivity index (χ1v) is 5.57. The Morgan fingerprint density at radius 1 is 1.27 bits per heavy atom. The van der Waals surface area contributed by atoms with Crippen molar-refractivity contribution in [3.63, 3.8) is 0 Å². The second-order valence-electron chi connectivity index (χ2n) is 3.94. The number of hydrogen-bond acceptors (Lipinski definition) is 4. The fraction of sp³-hybridized carbons (Fsp3) is 0.909. The van der Waals surface area contributed by atoms with Crippen LogP contribution in [-0.4, -0.2) is 31.8 Å². The highest BCUT2D eigenvalue weighted by Gasteiger charge is 2.13. The molecule has 0 heterocycles. The highest BCUT2D eigenvalue weighted by Crippen LogP contribution is 2.00. The van der Waals surface area contributed by atoms with Gasteiger partial charge in [-0.1, -0.05) is 13.8 Å². The van der Waals surface area contributed by atoms with Crippen LogP contribution in [0.3, 0.4) is 0 Å². The summed E-state index contributed by atoms with van der Waals surface area (Å²) in [6.45, 7) is 7.69. The Labute approximate surface area is 92.1 Å². The van der Waals surface area contributed by atoms with Gasteiger partial charge >= 0.3 is 5.97 Å². The zero-order chi connectivity index (χ0) is 11.7. The molecule has 0 rings (SSSR count). The van der Waals surface area contributed by atoms with Crippen molar-refractivity contribution in [2.24, 2.45) is 11.7 Å². The Hall–Kier alpha value is -0.610. The molecule has 0 amide bonds. The van der Waals surface area contributed by atoms with Crippen LogP contribution < -0.4 is 5.73 Å². The Bertz CT molecular complexity index is 171. The van der Waals surface area contributed by atoms with E-state index < -0.39 is 6.04 Å². The average molecular weight is 217 g/mol. The third kappa shape index (κ3) is 8.39. The summed E-state index contributed by atoms with van der Waals surface area (Å²) in [6.07, 6.45) is 1.56. The van der Waals surface area contributed by atoms with Crippen molar-refractivity contribution in [2.75, 3.05) is 19.8 Å². The van der Waals surface area contributed by atoms with Gasteiger partial charge in [-0.25, -0.2) is 0 Å². The van der Waals surface area contributed by atoms with E-state index in [4.69, 9.17) is 15.2 Å². The maximum absolute atomic E-state index is 11.1. The van der Waals surface area contributed by atoms with Crippen molar-refractivity contribution in [1.29, 1.82) is 0 Å². The van der Waals surface area contributed by atoms with Crippen molar-refractivity contribution < 1.29 is 14.3 Å². The molecule has 0 saturated carbocycles. The maximum Gasteiger partial charge on any atom is 0.322 e. The molecule has 1 unspecified atom stereocenters. The predicted molar refractivity (Wildman–Crippen MR) is 59.5 cm³/mol. The van der Waals surface area contributed by atoms with E-state index in [-0.39, 0.29) is 5.97 Å². The lowest BCUT2D eigenvalue weighted by atomic mass is 10.1. The number of carbonyl (C=O) groups is 1. The Morgan fingerprint density at radius 2 is 1.87 bits per heavy atom. The summed E-state index contributed by atoms with van der Waals surface area (Å²) in [5, 5.41) is 0. The number of ether oxygens (including phenoxy) is 2. The summed E-state index contributed by atoms with van der Waals surface area (Å²) in [6, 6.07) is -0.552. The van der Waals surface area contributed by atoms with Gasteiger partial charge in [0.2, 0.25) is 0 Å². The zero-order valence-corrected chi connectivity index (χ0v) is 9.99. The van der Waals surface area contributed by atoms with Gasteiger partial charge in [-0.05, 0) is 25.7 Å². The number of rotatable bonds is 8. The number of nitrogens with two attached hydrogens (primary N) is 1. The van der Waals surface area contributed by atoms with E-state index in [1.807, 2.05) is 0 Å². The fourth-order valence-corrected chi connectivity index (χ4v) is 0.999. The van der Waals surface area contributed by atoms with Crippen molar-refractivity contribution in [3.8, 4) is 0 Å². The summed E-state index contributed by atoms with van der Waals surface area (Å²) in [5.74, 6) is 0.300. The first-order valence-electron chi connectivity index (χ1n) is 5.57. The third-order valence-corrected chi connectivity index (χ3v) is 2.00. The largest absolute Gasteiger partial charge is 0.465 e. The SMILES string of the molecule is CCOC(=O)C(N)CCOCCC(C)C. The van der Waals surface area contributed by atoms with E-state index >= 15 is 0 Å². The summed E-state index contributed by atoms with van der Waals surface area (Å²) in [4.78, 5) is 11.1. The molecule has 0 radical (unpaired) electrons. The van der Waals surface area contributed by atoms with Gasteiger partial charge in [-0.2, -0.15) is 0 Å². The normalized spacial score (nSPS) is 12.9. The van der Waals surface area contributed by atoms with Gasteiger partial charge in [-0.15, -0.1) is 0 Å². The molecule has 0 fully saturated rings. The van der Waals surface area contributed by atoms with E-state index in [1.54, 1.807) is 6.92 Å². The van der Waals surface area contributed by atoms with Gasteiger partial charge in [0, 0.05) is 13.2 Å². The molecule has 0 bridgehead atoms. The molecule has 4 heteroatoms. The highest BCUT2D eigenvalue weighted by atomic mass is 16.5. The van der Waals surface area contributed by atoms with Crippen molar-refractivity contribution in [2.45, 2.75) is 39.7 Å². The quantitative estimate of drug-likeness (QED) is 0.492. The summed E-state index contributed by atoms with van der Waals surface area (Å²) < 4.78 is 10.1. The van der Waals surface area contributed by atoms with Crippen LogP contribution in [0.2, 0.25) is 0 Å². The second-order valence-corrected chi connectivity index (χ2v) is 3.94. The predicted octanol–water partition coefficient (Wildman–Crippen LogP) is 1.33. The molecule has 90 valence electrons. The molecule has 0 aliphatic heterocycles. The molecule has 0 aromatic carbocycles. The highest BCUT2D eigenvalue weighted by molar-refractivity contribution is 5.75. The average Bonchev–Trinajstić information content (AvgIpc) is 2.16. The number of esters is 1. The number of hydrogen-bond donors (Lipinski definition) is 1. The van der Waals surface area contributed by atoms with Crippen LogP contribution in [0.25, 0.3) is 0 Å². The van der Waals surface area contributed by atoms with Gasteiger partial charge in [0.1, 0.15) is 6.04 Å². The molecule has 0 aromatic heterocycles. The lowest BCUT2D eigenvalue weighted by molar-refractivity contribution is -0.145. The first-order chi connectivity index (χ1) is 7.07. The molecule has 0 spiro atoms. The van der Waals surface area contributed by atoms with Crippen LogP contribution in [0.15, 0.2) is 0 Å². The lowest BCUT2D eigenvalue weighted by Gasteiger charge is -2.11. The second kappa shape index (κ2) is 8.68. The van der Waals surface area contributed by atoms with E-state index in [1.165, 1.54) is 0 Å². The Balaban J connectivity index is 3.38. The smallest absolute Gasteiger partial charge is 0.322 e. The summed E-state index contributed by atoms with van der Waals surface area (Å²) >= 11 is 0. The van der Waals surface area contributed by atoms with Gasteiger partial charge in [0.25, 0.3) is 0 Å². The van der Waals surface area contributed by atoms with Crippen LogP contribution in [0.1, 0.15) is 33.6 Å². The molecule has 0 saturated heterocycles. The van der Waals surface area contributed by atoms with Crippen LogP contribution >= 0.6 is 0 Å². The minimum atomic E-state index is -0.552. The van der Waals surface area contributed by atoms with Crippen LogP contribution in [0, 0.1) is 5.92 Å². The summed E-state index contributed by atoms with van der Waals surface area (Å²) in [5.41, 5.74) is 5.59.